The van der Waals surface area contributed by atoms with Gasteiger partial charge < -0.3 is 20.2 Å². The van der Waals surface area contributed by atoms with E-state index in [1.54, 1.807) is 23.6 Å². The maximum atomic E-state index is 12.0. The average Bonchev–Trinajstić information content (AvgIpc) is 3.18. The summed E-state index contributed by atoms with van der Waals surface area (Å²) in [5.74, 6) is -2.09. The van der Waals surface area contributed by atoms with Crippen LogP contribution in [0, 0.1) is 0 Å². The number of benzene rings is 1. The Kier molecular flexibility index (Phi) is 4.73. The number of thiophene rings is 1. The predicted molar refractivity (Wildman–Crippen MR) is 93.0 cm³/mol. The lowest BCUT2D eigenvalue weighted by Gasteiger charge is -2.05. The lowest BCUT2D eigenvalue weighted by atomic mass is 10.2. The van der Waals surface area contributed by atoms with Gasteiger partial charge in [0.15, 0.2) is 6.61 Å². The van der Waals surface area contributed by atoms with Crippen LogP contribution in [0.2, 0.25) is 5.02 Å². The van der Waals surface area contributed by atoms with Crippen molar-refractivity contribution in [3.05, 3.63) is 52.1 Å². The molecule has 2 heterocycles. The van der Waals surface area contributed by atoms with Crippen LogP contribution in [0.15, 0.2) is 40.1 Å². The monoisotopic (exact) mass is 378 g/mol. The fourth-order valence-electron chi connectivity index (χ4n) is 2.08. The summed E-state index contributed by atoms with van der Waals surface area (Å²) in [6.07, 6.45) is 0. The maximum absolute atomic E-state index is 12.0. The van der Waals surface area contributed by atoms with E-state index in [0.29, 0.717) is 21.0 Å². The number of anilines is 1. The summed E-state index contributed by atoms with van der Waals surface area (Å²) in [6, 6.07) is 7.88. The number of rotatable bonds is 5. The molecule has 0 fully saturated rings. The SMILES string of the molecule is NC(=O)c1ccsc1NC(=O)COC(=O)c1cc2cc(Cl)ccc2o1. The topological polar surface area (TPSA) is 112 Å². The highest BCUT2D eigenvalue weighted by atomic mass is 35.5. The molecule has 0 atom stereocenters. The van der Waals surface area contributed by atoms with Crippen molar-refractivity contribution < 1.29 is 23.5 Å². The summed E-state index contributed by atoms with van der Waals surface area (Å²) in [4.78, 5) is 35.0. The Labute approximate surface area is 150 Å². The second-order valence-corrected chi connectivity index (χ2v) is 6.30. The van der Waals surface area contributed by atoms with Crippen molar-refractivity contribution in [2.75, 3.05) is 11.9 Å². The third-order valence-corrected chi connectivity index (χ3v) is 4.26. The Morgan fingerprint density at radius 1 is 1.24 bits per heavy atom. The van der Waals surface area contributed by atoms with Gasteiger partial charge in [0.2, 0.25) is 5.76 Å². The highest BCUT2D eigenvalue weighted by molar-refractivity contribution is 7.14. The van der Waals surface area contributed by atoms with E-state index in [9.17, 15) is 14.4 Å². The molecule has 0 aliphatic carbocycles. The first kappa shape index (κ1) is 17.0. The van der Waals surface area contributed by atoms with Crippen LogP contribution in [0.1, 0.15) is 20.9 Å². The third-order valence-electron chi connectivity index (χ3n) is 3.20. The summed E-state index contributed by atoms with van der Waals surface area (Å²) in [6.45, 7) is -0.535. The molecule has 3 rings (SSSR count). The van der Waals surface area contributed by atoms with Crippen LogP contribution < -0.4 is 11.1 Å². The molecule has 9 heteroatoms. The number of nitrogens with one attached hydrogen (secondary N) is 1. The minimum absolute atomic E-state index is 0.0426. The third kappa shape index (κ3) is 3.81. The Balaban J connectivity index is 1.62. The Bertz CT molecular complexity index is 978. The summed E-state index contributed by atoms with van der Waals surface area (Å²) in [5, 5.41) is 5.53. The first-order chi connectivity index (χ1) is 11.9. The molecule has 1 aromatic carbocycles. The molecule has 0 unspecified atom stereocenters. The second kappa shape index (κ2) is 6.96. The van der Waals surface area contributed by atoms with E-state index in [1.807, 2.05) is 0 Å². The molecular weight excluding hydrogens is 368 g/mol. The van der Waals surface area contributed by atoms with E-state index >= 15 is 0 Å². The molecule has 3 N–H and O–H groups in total. The van der Waals surface area contributed by atoms with Crippen molar-refractivity contribution in [3.63, 3.8) is 0 Å². The smallest absolute Gasteiger partial charge is 0.374 e. The molecular formula is C16H11ClN2O5S. The Morgan fingerprint density at radius 3 is 2.80 bits per heavy atom. The summed E-state index contributed by atoms with van der Waals surface area (Å²) >= 11 is 7.01. The lowest BCUT2D eigenvalue weighted by Crippen LogP contribution is -2.22. The van der Waals surface area contributed by atoms with Crippen molar-refractivity contribution in [2.45, 2.75) is 0 Å². The summed E-state index contributed by atoms with van der Waals surface area (Å²) in [7, 11) is 0. The number of furan rings is 1. The number of halogens is 1. The van der Waals surface area contributed by atoms with Crippen molar-refractivity contribution in [2.24, 2.45) is 5.73 Å². The minimum Gasteiger partial charge on any atom is -0.450 e. The van der Waals surface area contributed by atoms with Gasteiger partial charge in [0.1, 0.15) is 10.6 Å². The van der Waals surface area contributed by atoms with Crippen LogP contribution >= 0.6 is 22.9 Å². The number of primary amides is 1. The molecule has 0 saturated heterocycles. The van der Waals surface area contributed by atoms with E-state index in [1.165, 1.54) is 12.1 Å². The van der Waals surface area contributed by atoms with E-state index in [0.717, 1.165) is 11.3 Å². The van der Waals surface area contributed by atoms with Crippen LogP contribution in [-0.4, -0.2) is 24.4 Å². The maximum Gasteiger partial charge on any atom is 0.374 e. The molecule has 0 radical (unpaired) electrons. The van der Waals surface area contributed by atoms with Crippen LogP contribution in [0.25, 0.3) is 11.0 Å². The first-order valence-corrected chi connectivity index (χ1v) is 8.23. The summed E-state index contributed by atoms with van der Waals surface area (Å²) in [5.41, 5.74) is 5.86. The quantitative estimate of drug-likeness (QED) is 0.663. The molecule has 25 heavy (non-hydrogen) atoms. The van der Waals surface area contributed by atoms with Crippen LogP contribution in [0.4, 0.5) is 5.00 Å². The molecule has 0 spiro atoms. The van der Waals surface area contributed by atoms with E-state index in [2.05, 4.69) is 5.32 Å². The van der Waals surface area contributed by atoms with Gasteiger partial charge in [0.25, 0.3) is 11.8 Å². The zero-order valence-corrected chi connectivity index (χ0v) is 14.1. The van der Waals surface area contributed by atoms with Crippen molar-refractivity contribution in [1.82, 2.24) is 0 Å². The molecule has 0 aliphatic rings. The molecule has 128 valence electrons. The Morgan fingerprint density at radius 2 is 2.04 bits per heavy atom. The predicted octanol–water partition coefficient (Wildman–Crippen LogP) is 3.04. The molecule has 0 aliphatic heterocycles. The minimum atomic E-state index is -0.788. The number of hydrogen-bond acceptors (Lipinski definition) is 6. The van der Waals surface area contributed by atoms with Crippen LogP contribution in [0.5, 0.6) is 0 Å². The van der Waals surface area contributed by atoms with Gasteiger partial charge in [0.05, 0.1) is 5.56 Å². The van der Waals surface area contributed by atoms with Crippen LogP contribution in [0.3, 0.4) is 0 Å². The fraction of sp³-hybridized carbons (Fsp3) is 0.0625. The van der Waals surface area contributed by atoms with E-state index < -0.39 is 24.4 Å². The first-order valence-electron chi connectivity index (χ1n) is 6.97. The number of hydrogen-bond donors (Lipinski definition) is 2. The lowest BCUT2D eigenvalue weighted by molar-refractivity contribution is -0.119. The van der Waals surface area contributed by atoms with Crippen molar-refractivity contribution >= 4 is 56.7 Å². The summed E-state index contributed by atoms with van der Waals surface area (Å²) < 4.78 is 10.3. The number of esters is 1. The molecule has 3 aromatic rings. The highest BCUT2D eigenvalue weighted by Gasteiger charge is 2.17. The molecule has 2 amide bonds. The van der Waals surface area contributed by atoms with Gasteiger partial charge in [-0.2, -0.15) is 0 Å². The van der Waals surface area contributed by atoms with Gasteiger partial charge in [-0.15, -0.1) is 11.3 Å². The zero-order chi connectivity index (χ0) is 18.0. The van der Waals surface area contributed by atoms with Gasteiger partial charge in [-0.3, -0.25) is 9.59 Å². The van der Waals surface area contributed by atoms with Gasteiger partial charge in [-0.05, 0) is 35.7 Å². The highest BCUT2D eigenvalue weighted by Crippen LogP contribution is 2.24. The second-order valence-electron chi connectivity index (χ2n) is 4.94. The number of fused-ring (bicyclic) bond motifs is 1. The average molecular weight is 379 g/mol. The standard InChI is InChI=1S/C16H11ClN2O5S/c17-9-1-2-11-8(5-9)6-12(24-11)16(22)23-7-13(20)19-15-10(14(18)21)3-4-25-15/h1-6H,7H2,(H2,18,21)(H,19,20). The largest absolute Gasteiger partial charge is 0.450 e. The molecule has 7 nitrogen and oxygen atoms in total. The van der Waals surface area contributed by atoms with E-state index in [-0.39, 0.29) is 11.3 Å². The Hall–Kier alpha value is -2.84. The number of ether oxygens (including phenoxy) is 1. The number of carbonyl (C=O) groups is 3. The van der Waals surface area contributed by atoms with Gasteiger partial charge in [0, 0.05) is 10.4 Å². The van der Waals surface area contributed by atoms with Crippen LogP contribution in [-0.2, 0) is 9.53 Å². The number of amides is 2. The molecule has 2 aromatic heterocycles. The number of carbonyl (C=O) groups excluding carboxylic acids is 3. The normalized spacial score (nSPS) is 10.6. The van der Waals surface area contributed by atoms with Crippen molar-refractivity contribution in [1.29, 1.82) is 0 Å². The van der Waals surface area contributed by atoms with Crippen molar-refractivity contribution in [3.8, 4) is 0 Å². The molecule has 0 bridgehead atoms. The van der Waals surface area contributed by atoms with Gasteiger partial charge >= 0.3 is 5.97 Å². The van der Waals surface area contributed by atoms with Gasteiger partial charge in [-0.25, -0.2) is 4.79 Å². The van der Waals surface area contributed by atoms with Gasteiger partial charge in [-0.1, -0.05) is 11.6 Å². The fourth-order valence-corrected chi connectivity index (χ4v) is 3.07. The molecule has 0 saturated carbocycles. The number of nitrogens with two attached hydrogens (primary N) is 1. The zero-order valence-electron chi connectivity index (χ0n) is 12.6. The van der Waals surface area contributed by atoms with E-state index in [4.69, 9.17) is 26.5 Å².